The number of hydrogen-bond acceptors (Lipinski definition) is 7. The summed E-state index contributed by atoms with van der Waals surface area (Å²) in [5, 5.41) is 3.33. The summed E-state index contributed by atoms with van der Waals surface area (Å²) in [6.45, 7) is 4.40. The number of morpholine rings is 1. The Hall–Kier alpha value is -2.65. The second-order valence-corrected chi connectivity index (χ2v) is 8.56. The first-order valence-electron chi connectivity index (χ1n) is 9.83. The third kappa shape index (κ3) is 4.27. The van der Waals surface area contributed by atoms with Gasteiger partial charge in [-0.2, -0.15) is 0 Å². The van der Waals surface area contributed by atoms with Crippen LogP contribution in [-0.2, 0) is 10.3 Å². The normalized spacial score (nSPS) is 21.8. The number of amides is 1. The summed E-state index contributed by atoms with van der Waals surface area (Å²) in [5.41, 5.74) is 6.51. The van der Waals surface area contributed by atoms with Gasteiger partial charge in [0.05, 0.1) is 24.3 Å². The number of carbonyl (C=O) groups excluding carboxylic acids is 1. The fourth-order valence-corrected chi connectivity index (χ4v) is 4.67. The van der Waals surface area contributed by atoms with E-state index >= 15 is 0 Å². The highest BCUT2D eigenvalue weighted by atomic mass is 32.2. The van der Waals surface area contributed by atoms with E-state index in [1.807, 2.05) is 11.8 Å². The molecule has 1 unspecified atom stereocenters. The molecule has 0 aliphatic carbocycles. The number of thioether (sulfide) groups is 1. The van der Waals surface area contributed by atoms with E-state index in [1.165, 1.54) is 17.8 Å². The van der Waals surface area contributed by atoms with E-state index in [0.717, 1.165) is 5.75 Å². The van der Waals surface area contributed by atoms with Crippen molar-refractivity contribution in [1.29, 1.82) is 0 Å². The molecule has 158 valence electrons. The average molecular weight is 430 g/mol. The molecular formula is C21H24FN5O2S. The molecule has 2 aromatic rings. The van der Waals surface area contributed by atoms with Crippen LogP contribution in [0.4, 0.5) is 15.9 Å². The molecule has 0 radical (unpaired) electrons. The SMILES string of the molecule is CC1(c2cc(NC(=O)c3cccnc3N3CCOCC3)ccc2F)CCSC(N)=N1. The van der Waals surface area contributed by atoms with Crippen molar-refractivity contribution in [2.24, 2.45) is 10.7 Å². The van der Waals surface area contributed by atoms with Crippen molar-refractivity contribution in [3.63, 3.8) is 0 Å². The number of ether oxygens (including phenoxy) is 1. The predicted octanol–water partition coefficient (Wildman–Crippen LogP) is 2.98. The maximum Gasteiger partial charge on any atom is 0.259 e. The van der Waals surface area contributed by atoms with Gasteiger partial charge in [0.2, 0.25) is 0 Å². The van der Waals surface area contributed by atoms with Crippen LogP contribution < -0.4 is 16.0 Å². The lowest BCUT2D eigenvalue weighted by Gasteiger charge is -2.30. The topological polar surface area (TPSA) is 92.8 Å². The summed E-state index contributed by atoms with van der Waals surface area (Å²) in [7, 11) is 0. The molecule has 2 aliphatic heterocycles. The van der Waals surface area contributed by atoms with Gasteiger partial charge < -0.3 is 20.7 Å². The van der Waals surface area contributed by atoms with Gasteiger partial charge >= 0.3 is 0 Å². The quantitative estimate of drug-likeness (QED) is 0.776. The van der Waals surface area contributed by atoms with E-state index in [0.29, 0.717) is 60.5 Å². The van der Waals surface area contributed by atoms with Crippen molar-refractivity contribution in [3.05, 3.63) is 53.5 Å². The zero-order valence-electron chi connectivity index (χ0n) is 16.7. The standard InChI is InChI=1S/C21H24FN5O2S/c1-21(6-12-30-20(23)26-21)16-13-14(4-5-17(16)22)25-19(28)15-3-2-7-24-18(15)27-8-10-29-11-9-27/h2-5,7,13H,6,8-12H2,1H3,(H2,23,26)(H,25,28). The monoisotopic (exact) mass is 429 g/mol. The van der Waals surface area contributed by atoms with Gasteiger partial charge in [-0.25, -0.2) is 9.37 Å². The van der Waals surface area contributed by atoms with E-state index in [-0.39, 0.29) is 11.7 Å². The number of nitrogens with one attached hydrogen (secondary N) is 1. The van der Waals surface area contributed by atoms with Crippen LogP contribution in [0.5, 0.6) is 0 Å². The molecule has 0 bridgehead atoms. The van der Waals surface area contributed by atoms with Crippen molar-refractivity contribution < 1.29 is 13.9 Å². The zero-order valence-corrected chi connectivity index (χ0v) is 17.5. The molecule has 1 saturated heterocycles. The lowest BCUT2D eigenvalue weighted by atomic mass is 9.89. The molecule has 1 aromatic heterocycles. The van der Waals surface area contributed by atoms with Gasteiger partial charge in [0.25, 0.3) is 5.91 Å². The predicted molar refractivity (Wildman–Crippen MR) is 118 cm³/mol. The Labute approximate surface area is 178 Å². The molecule has 3 N–H and O–H groups in total. The van der Waals surface area contributed by atoms with Gasteiger partial charge in [-0.1, -0.05) is 11.8 Å². The summed E-state index contributed by atoms with van der Waals surface area (Å²) < 4.78 is 20.0. The molecule has 0 spiro atoms. The largest absolute Gasteiger partial charge is 0.379 e. The number of aliphatic imine (C=N–C) groups is 1. The summed E-state index contributed by atoms with van der Waals surface area (Å²) in [4.78, 5) is 23.9. The third-order valence-corrected chi connectivity index (χ3v) is 6.14. The van der Waals surface area contributed by atoms with E-state index < -0.39 is 5.54 Å². The third-order valence-electron chi connectivity index (χ3n) is 5.34. The Morgan fingerprint density at radius 1 is 1.33 bits per heavy atom. The molecule has 1 amide bonds. The molecule has 1 atom stereocenters. The van der Waals surface area contributed by atoms with Gasteiger partial charge in [-0.05, 0) is 43.7 Å². The van der Waals surface area contributed by atoms with E-state index in [9.17, 15) is 9.18 Å². The molecular weight excluding hydrogens is 405 g/mol. The highest BCUT2D eigenvalue weighted by Crippen LogP contribution is 2.37. The van der Waals surface area contributed by atoms with Crippen LogP contribution in [0.1, 0.15) is 29.3 Å². The average Bonchev–Trinajstić information content (AvgIpc) is 2.75. The zero-order chi connectivity index (χ0) is 21.1. The Bertz CT molecular complexity index is 980. The molecule has 9 heteroatoms. The number of carbonyl (C=O) groups is 1. The van der Waals surface area contributed by atoms with Gasteiger partial charge in [0.15, 0.2) is 5.17 Å². The van der Waals surface area contributed by atoms with Crippen LogP contribution in [0.2, 0.25) is 0 Å². The molecule has 7 nitrogen and oxygen atoms in total. The molecule has 4 rings (SSSR count). The highest BCUT2D eigenvalue weighted by Gasteiger charge is 2.32. The minimum absolute atomic E-state index is 0.297. The van der Waals surface area contributed by atoms with Crippen molar-refractivity contribution in [2.75, 3.05) is 42.3 Å². The van der Waals surface area contributed by atoms with Crippen molar-refractivity contribution >= 4 is 34.3 Å². The first-order valence-corrected chi connectivity index (χ1v) is 10.8. The Kier molecular flexibility index (Phi) is 5.92. The smallest absolute Gasteiger partial charge is 0.259 e. The molecule has 0 saturated carbocycles. The van der Waals surface area contributed by atoms with Gasteiger partial charge in [-0.15, -0.1) is 0 Å². The van der Waals surface area contributed by atoms with Gasteiger partial charge in [0, 0.05) is 36.3 Å². The van der Waals surface area contributed by atoms with Crippen molar-refractivity contribution in [2.45, 2.75) is 18.9 Å². The Morgan fingerprint density at radius 2 is 2.13 bits per heavy atom. The number of benzene rings is 1. The fourth-order valence-electron chi connectivity index (χ4n) is 3.70. The lowest BCUT2D eigenvalue weighted by Crippen LogP contribution is -2.38. The Balaban J connectivity index is 1.60. The van der Waals surface area contributed by atoms with Crippen LogP contribution in [0, 0.1) is 5.82 Å². The number of pyridine rings is 1. The Morgan fingerprint density at radius 3 is 2.90 bits per heavy atom. The highest BCUT2D eigenvalue weighted by molar-refractivity contribution is 8.13. The van der Waals surface area contributed by atoms with Crippen LogP contribution in [-0.4, -0.2) is 48.1 Å². The van der Waals surface area contributed by atoms with E-state index in [1.54, 1.807) is 30.5 Å². The van der Waals surface area contributed by atoms with Crippen molar-refractivity contribution in [3.8, 4) is 0 Å². The van der Waals surface area contributed by atoms with Gasteiger partial charge in [-0.3, -0.25) is 9.79 Å². The number of rotatable bonds is 4. The van der Waals surface area contributed by atoms with Crippen LogP contribution in [0.15, 0.2) is 41.5 Å². The summed E-state index contributed by atoms with van der Waals surface area (Å²) >= 11 is 1.46. The number of nitrogens with zero attached hydrogens (tertiary/aromatic N) is 3. The number of aromatic nitrogens is 1. The van der Waals surface area contributed by atoms with Crippen LogP contribution in [0.25, 0.3) is 0 Å². The summed E-state index contributed by atoms with van der Waals surface area (Å²) in [5.74, 6) is 0.721. The number of hydrogen-bond donors (Lipinski definition) is 2. The second kappa shape index (κ2) is 8.61. The second-order valence-electron chi connectivity index (χ2n) is 7.45. The van der Waals surface area contributed by atoms with Crippen LogP contribution in [0.3, 0.4) is 0 Å². The lowest BCUT2D eigenvalue weighted by molar-refractivity contribution is 0.102. The summed E-state index contributed by atoms with van der Waals surface area (Å²) in [6, 6.07) is 8.02. The minimum Gasteiger partial charge on any atom is -0.379 e. The first kappa shape index (κ1) is 20.6. The fraction of sp³-hybridized carbons (Fsp3) is 0.381. The molecule has 2 aliphatic rings. The molecule has 1 fully saturated rings. The number of anilines is 2. The van der Waals surface area contributed by atoms with Crippen molar-refractivity contribution in [1.82, 2.24) is 4.98 Å². The maximum absolute atomic E-state index is 14.6. The number of nitrogens with two attached hydrogens (primary N) is 1. The van der Waals surface area contributed by atoms with Crippen LogP contribution >= 0.6 is 11.8 Å². The maximum atomic E-state index is 14.6. The molecule has 3 heterocycles. The minimum atomic E-state index is -0.757. The first-order chi connectivity index (χ1) is 14.5. The number of halogens is 1. The number of amidine groups is 1. The van der Waals surface area contributed by atoms with E-state index in [4.69, 9.17) is 10.5 Å². The summed E-state index contributed by atoms with van der Waals surface area (Å²) in [6.07, 6.45) is 2.33. The molecule has 30 heavy (non-hydrogen) atoms. The molecule has 1 aromatic carbocycles. The van der Waals surface area contributed by atoms with Gasteiger partial charge in [0.1, 0.15) is 11.6 Å². The van der Waals surface area contributed by atoms with E-state index in [2.05, 4.69) is 15.3 Å².